The molecule has 0 radical (unpaired) electrons. The van der Waals surface area contributed by atoms with E-state index in [1.54, 1.807) is 0 Å². The molecule has 0 aliphatic rings. The number of unbranched alkanes of at least 4 members (excludes halogenated alkanes) is 2. The molecular weight excluding hydrogens is 266 g/mol. The maximum atomic E-state index is 11.9. The van der Waals surface area contributed by atoms with Crippen molar-refractivity contribution < 1.29 is 9.90 Å². The van der Waals surface area contributed by atoms with E-state index in [2.05, 4.69) is 10.2 Å². The Balaban J connectivity index is 2.20. The van der Waals surface area contributed by atoms with Crippen LogP contribution < -0.4 is 11.1 Å². The lowest BCUT2D eigenvalue weighted by Gasteiger charge is -2.16. The molecular formula is C16H27N3O2. The molecule has 0 unspecified atom stereocenters. The fourth-order valence-electron chi connectivity index (χ4n) is 2.02. The molecule has 0 bridgehead atoms. The van der Waals surface area contributed by atoms with Gasteiger partial charge in [0.2, 0.25) is 5.91 Å². The number of nitrogens with zero attached hydrogens (tertiary/aromatic N) is 1. The zero-order valence-corrected chi connectivity index (χ0v) is 12.8. The number of aliphatic hydroxyl groups is 1. The summed E-state index contributed by atoms with van der Waals surface area (Å²) >= 11 is 0. The third-order valence-corrected chi connectivity index (χ3v) is 3.39. The van der Waals surface area contributed by atoms with Gasteiger partial charge in [-0.05, 0) is 50.6 Å². The van der Waals surface area contributed by atoms with Crippen LogP contribution >= 0.6 is 0 Å². The molecule has 1 rings (SSSR count). The standard InChI is InChI=1S/C16H27N3O2/c1-19(10-3-2-4-12-20)11-9-16(21)18-15-7-5-14(13-17)6-8-15/h5-8,20H,2-4,9-13,17H2,1H3,(H,18,21). The number of nitrogens with one attached hydrogen (secondary N) is 1. The van der Waals surface area contributed by atoms with Gasteiger partial charge in [0, 0.05) is 31.8 Å². The van der Waals surface area contributed by atoms with E-state index in [1.807, 2.05) is 31.3 Å². The minimum absolute atomic E-state index is 0.0257. The third-order valence-electron chi connectivity index (χ3n) is 3.39. The smallest absolute Gasteiger partial charge is 0.225 e. The number of hydrogen-bond donors (Lipinski definition) is 3. The Labute approximate surface area is 127 Å². The number of anilines is 1. The lowest BCUT2D eigenvalue weighted by molar-refractivity contribution is -0.116. The zero-order valence-electron chi connectivity index (χ0n) is 12.8. The molecule has 0 fully saturated rings. The minimum atomic E-state index is 0.0257. The van der Waals surface area contributed by atoms with Gasteiger partial charge in [-0.2, -0.15) is 0 Å². The van der Waals surface area contributed by atoms with Crippen molar-refractivity contribution in [3.8, 4) is 0 Å². The molecule has 0 heterocycles. The van der Waals surface area contributed by atoms with E-state index in [4.69, 9.17) is 10.8 Å². The first-order valence-electron chi connectivity index (χ1n) is 7.54. The average Bonchev–Trinajstić information content (AvgIpc) is 2.50. The van der Waals surface area contributed by atoms with Crippen molar-refractivity contribution >= 4 is 11.6 Å². The summed E-state index contributed by atoms with van der Waals surface area (Å²) in [5.41, 5.74) is 7.39. The first-order chi connectivity index (χ1) is 10.2. The van der Waals surface area contributed by atoms with Gasteiger partial charge in [0.25, 0.3) is 0 Å². The van der Waals surface area contributed by atoms with Crippen LogP contribution in [-0.4, -0.2) is 42.7 Å². The SMILES string of the molecule is CN(CCCCCO)CCC(=O)Nc1ccc(CN)cc1. The summed E-state index contributed by atoms with van der Waals surface area (Å²) in [5.74, 6) is 0.0257. The van der Waals surface area contributed by atoms with E-state index in [0.29, 0.717) is 13.0 Å². The Morgan fingerprint density at radius 2 is 1.90 bits per heavy atom. The topological polar surface area (TPSA) is 78.6 Å². The van der Waals surface area contributed by atoms with Gasteiger partial charge in [-0.1, -0.05) is 12.1 Å². The first kappa shape index (κ1) is 17.6. The lowest BCUT2D eigenvalue weighted by atomic mass is 10.2. The predicted octanol–water partition coefficient (Wildman–Crippen LogP) is 1.57. The van der Waals surface area contributed by atoms with Gasteiger partial charge in [0.15, 0.2) is 0 Å². The van der Waals surface area contributed by atoms with Gasteiger partial charge in [0.05, 0.1) is 0 Å². The number of rotatable bonds is 10. The van der Waals surface area contributed by atoms with Crippen LogP contribution in [0.5, 0.6) is 0 Å². The Bertz CT molecular complexity index is 406. The Kier molecular flexibility index (Phi) is 8.66. The van der Waals surface area contributed by atoms with Gasteiger partial charge in [-0.15, -0.1) is 0 Å². The van der Waals surface area contributed by atoms with Crippen LogP contribution in [0, 0.1) is 0 Å². The number of benzene rings is 1. The number of aliphatic hydroxyl groups excluding tert-OH is 1. The van der Waals surface area contributed by atoms with Crippen LogP contribution in [-0.2, 0) is 11.3 Å². The van der Waals surface area contributed by atoms with Crippen molar-refractivity contribution in [3.63, 3.8) is 0 Å². The number of amides is 1. The molecule has 0 aromatic heterocycles. The normalized spacial score (nSPS) is 10.9. The van der Waals surface area contributed by atoms with Crippen LogP contribution in [0.4, 0.5) is 5.69 Å². The maximum Gasteiger partial charge on any atom is 0.225 e. The summed E-state index contributed by atoms with van der Waals surface area (Å²) in [5, 5.41) is 11.6. The number of hydrogen-bond acceptors (Lipinski definition) is 4. The monoisotopic (exact) mass is 293 g/mol. The van der Waals surface area contributed by atoms with Crippen LogP contribution in [0.3, 0.4) is 0 Å². The van der Waals surface area contributed by atoms with E-state index >= 15 is 0 Å². The van der Waals surface area contributed by atoms with Gasteiger partial charge in [-0.25, -0.2) is 0 Å². The number of carbonyl (C=O) groups excluding carboxylic acids is 1. The lowest BCUT2D eigenvalue weighted by Crippen LogP contribution is -2.25. The molecule has 118 valence electrons. The fraction of sp³-hybridized carbons (Fsp3) is 0.562. The highest BCUT2D eigenvalue weighted by atomic mass is 16.2. The Hall–Kier alpha value is -1.43. The molecule has 0 atom stereocenters. The summed E-state index contributed by atoms with van der Waals surface area (Å²) in [4.78, 5) is 14.0. The molecule has 0 aliphatic heterocycles. The molecule has 21 heavy (non-hydrogen) atoms. The second kappa shape index (κ2) is 10.3. The van der Waals surface area contributed by atoms with Crippen molar-refractivity contribution in [1.29, 1.82) is 0 Å². The fourth-order valence-corrected chi connectivity index (χ4v) is 2.02. The first-order valence-corrected chi connectivity index (χ1v) is 7.54. The molecule has 0 saturated carbocycles. The van der Waals surface area contributed by atoms with Crippen molar-refractivity contribution in [2.75, 3.05) is 32.1 Å². The van der Waals surface area contributed by atoms with E-state index in [9.17, 15) is 4.79 Å². The molecule has 4 N–H and O–H groups in total. The summed E-state index contributed by atoms with van der Waals surface area (Å²) in [6.45, 7) is 2.47. The predicted molar refractivity (Wildman–Crippen MR) is 86.0 cm³/mol. The summed E-state index contributed by atoms with van der Waals surface area (Å²) in [7, 11) is 2.02. The number of nitrogens with two attached hydrogens (primary N) is 1. The van der Waals surface area contributed by atoms with Gasteiger partial charge >= 0.3 is 0 Å². The van der Waals surface area contributed by atoms with Gasteiger partial charge < -0.3 is 21.1 Å². The molecule has 1 aromatic carbocycles. The van der Waals surface area contributed by atoms with Crippen molar-refractivity contribution in [2.45, 2.75) is 32.2 Å². The number of carbonyl (C=O) groups is 1. The van der Waals surface area contributed by atoms with E-state index in [1.165, 1.54) is 0 Å². The second-order valence-electron chi connectivity index (χ2n) is 5.29. The van der Waals surface area contributed by atoms with E-state index in [-0.39, 0.29) is 12.5 Å². The largest absolute Gasteiger partial charge is 0.396 e. The van der Waals surface area contributed by atoms with Crippen molar-refractivity contribution in [3.05, 3.63) is 29.8 Å². The molecule has 0 saturated heterocycles. The highest BCUT2D eigenvalue weighted by Gasteiger charge is 2.05. The van der Waals surface area contributed by atoms with Crippen LogP contribution in [0.15, 0.2) is 24.3 Å². The van der Waals surface area contributed by atoms with E-state index in [0.717, 1.165) is 43.6 Å². The van der Waals surface area contributed by atoms with Crippen LogP contribution in [0.2, 0.25) is 0 Å². The third kappa shape index (κ3) is 7.80. The molecule has 0 aliphatic carbocycles. The van der Waals surface area contributed by atoms with Gasteiger partial charge in [0.1, 0.15) is 0 Å². The Morgan fingerprint density at radius 1 is 1.19 bits per heavy atom. The molecule has 1 aromatic rings. The van der Waals surface area contributed by atoms with E-state index < -0.39 is 0 Å². The molecule has 1 amide bonds. The molecule has 5 nitrogen and oxygen atoms in total. The highest BCUT2D eigenvalue weighted by Crippen LogP contribution is 2.09. The summed E-state index contributed by atoms with van der Waals surface area (Å²) < 4.78 is 0. The highest BCUT2D eigenvalue weighted by molar-refractivity contribution is 5.90. The average molecular weight is 293 g/mol. The van der Waals surface area contributed by atoms with Gasteiger partial charge in [-0.3, -0.25) is 4.79 Å². The summed E-state index contributed by atoms with van der Waals surface area (Å²) in [6.07, 6.45) is 3.42. The van der Waals surface area contributed by atoms with Crippen LogP contribution in [0.1, 0.15) is 31.2 Å². The van der Waals surface area contributed by atoms with Crippen molar-refractivity contribution in [1.82, 2.24) is 4.90 Å². The zero-order chi connectivity index (χ0) is 15.5. The quantitative estimate of drug-likeness (QED) is 0.572. The second-order valence-corrected chi connectivity index (χ2v) is 5.29. The molecule has 5 heteroatoms. The Morgan fingerprint density at radius 3 is 2.52 bits per heavy atom. The summed E-state index contributed by atoms with van der Waals surface area (Å²) in [6, 6.07) is 7.59. The van der Waals surface area contributed by atoms with Crippen molar-refractivity contribution in [2.24, 2.45) is 5.73 Å². The molecule has 0 spiro atoms. The maximum absolute atomic E-state index is 11.9. The van der Waals surface area contributed by atoms with Crippen LogP contribution in [0.25, 0.3) is 0 Å². The minimum Gasteiger partial charge on any atom is -0.396 e.